The molecule has 7 heteroatoms. The molecule has 0 aromatic rings. The zero-order chi connectivity index (χ0) is 14.3. The van der Waals surface area contributed by atoms with Crippen LogP contribution in [0, 0.1) is 5.92 Å². The van der Waals surface area contributed by atoms with E-state index in [1.165, 1.54) is 0 Å². The molecule has 5 nitrogen and oxygen atoms in total. The minimum Gasteiger partial charge on any atom is -0.438 e. The highest BCUT2D eigenvalue weighted by Crippen LogP contribution is 2.42. The number of ketones is 1. The molecule has 19 heavy (non-hydrogen) atoms. The predicted octanol–water partition coefficient (Wildman–Crippen LogP) is 1.63. The van der Waals surface area contributed by atoms with Gasteiger partial charge in [0.15, 0.2) is 11.7 Å². The smallest absolute Gasteiger partial charge is 0.405 e. The average Bonchev–Trinajstić information content (AvgIpc) is 2.94. The summed E-state index contributed by atoms with van der Waals surface area (Å²) in [6.07, 6.45) is -2.25. The van der Waals surface area contributed by atoms with Gasteiger partial charge in [0.2, 0.25) is 11.7 Å². The van der Waals surface area contributed by atoms with Gasteiger partial charge in [-0.3, -0.25) is 4.79 Å². The van der Waals surface area contributed by atoms with Crippen LogP contribution in [-0.2, 0) is 14.3 Å². The lowest BCUT2D eigenvalue weighted by atomic mass is 9.93. The van der Waals surface area contributed by atoms with E-state index >= 15 is 0 Å². The third-order valence-electron chi connectivity index (χ3n) is 3.70. The number of rotatable bonds is 5. The van der Waals surface area contributed by atoms with Crippen molar-refractivity contribution in [1.29, 1.82) is 0 Å². The fraction of sp³-hybridized carbons (Fsp3) is 0.833. The van der Waals surface area contributed by atoms with E-state index < -0.39 is 29.5 Å². The molecule has 2 aliphatic rings. The second-order valence-electron chi connectivity index (χ2n) is 5.51. The third-order valence-corrected chi connectivity index (χ3v) is 3.70. The summed E-state index contributed by atoms with van der Waals surface area (Å²) in [5.41, 5.74) is 3.96. The Kier molecular flexibility index (Phi) is 3.51. The zero-order valence-electron chi connectivity index (χ0n) is 10.7. The normalized spacial score (nSPS) is 33.7. The first-order valence-corrected chi connectivity index (χ1v) is 6.24. The van der Waals surface area contributed by atoms with Crippen molar-refractivity contribution in [1.82, 2.24) is 0 Å². The maximum Gasteiger partial charge on any atom is 0.405 e. The molecule has 3 atom stereocenters. The predicted molar refractivity (Wildman–Crippen MR) is 60.7 cm³/mol. The first-order chi connectivity index (χ1) is 8.72. The summed E-state index contributed by atoms with van der Waals surface area (Å²) in [7, 11) is 0. The maximum absolute atomic E-state index is 13.1. The second-order valence-corrected chi connectivity index (χ2v) is 5.51. The number of amides is 1. The number of halogens is 2. The van der Waals surface area contributed by atoms with E-state index in [1.807, 2.05) is 0 Å². The molecule has 2 N–H and O–H groups in total. The molecule has 1 saturated carbocycles. The molecule has 0 aromatic carbocycles. The highest BCUT2D eigenvalue weighted by atomic mass is 19.3. The number of ether oxygens (including phenoxy) is 2. The Morgan fingerprint density at radius 3 is 2.58 bits per heavy atom. The Hall–Kier alpha value is -1.24. The molecule has 2 rings (SSSR count). The number of nitrogens with two attached hydrogens (primary N) is 1. The lowest BCUT2D eigenvalue weighted by molar-refractivity contribution is -0.133. The lowest BCUT2D eigenvalue weighted by Gasteiger charge is -2.20. The Morgan fingerprint density at radius 1 is 1.53 bits per heavy atom. The van der Waals surface area contributed by atoms with Crippen molar-refractivity contribution in [3.8, 4) is 0 Å². The van der Waals surface area contributed by atoms with Crippen molar-refractivity contribution in [2.24, 2.45) is 11.7 Å². The van der Waals surface area contributed by atoms with Crippen LogP contribution in [0.15, 0.2) is 0 Å². The van der Waals surface area contributed by atoms with Gasteiger partial charge in [-0.25, -0.2) is 13.6 Å². The van der Waals surface area contributed by atoms with Crippen molar-refractivity contribution >= 4 is 11.9 Å². The number of primary amides is 1. The van der Waals surface area contributed by atoms with E-state index in [-0.39, 0.29) is 31.8 Å². The quantitative estimate of drug-likeness (QED) is 0.774. The molecule has 0 aromatic heterocycles. The van der Waals surface area contributed by atoms with Crippen LogP contribution in [0.1, 0.15) is 32.6 Å². The number of carbonyl (C=O) groups is 2. The summed E-state index contributed by atoms with van der Waals surface area (Å²) < 4.78 is 36.0. The molecular weight excluding hydrogens is 260 g/mol. The van der Waals surface area contributed by atoms with Crippen LogP contribution in [0.4, 0.5) is 13.6 Å². The van der Waals surface area contributed by atoms with Crippen LogP contribution < -0.4 is 5.73 Å². The fourth-order valence-corrected chi connectivity index (χ4v) is 2.49. The third kappa shape index (κ3) is 3.40. The molecule has 0 bridgehead atoms. The lowest BCUT2D eigenvalue weighted by Crippen LogP contribution is -2.39. The van der Waals surface area contributed by atoms with Gasteiger partial charge in [-0.2, -0.15) is 0 Å². The van der Waals surface area contributed by atoms with Gasteiger partial charge in [0.25, 0.3) is 0 Å². The molecule has 0 spiro atoms. The Labute approximate surface area is 109 Å². The summed E-state index contributed by atoms with van der Waals surface area (Å²) in [5.74, 6) is -3.43. The van der Waals surface area contributed by atoms with Crippen molar-refractivity contribution in [3.63, 3.8) is 0 Å². The topological polar surface area (TPSA) is 81.9 Å². The minimum atomic E-state index is -2.69. The molecule has 1 saturated heterocycles. The van der Waals surface area contributed by atoms with Crippen LogP contribution >= 0.6 is 0 Å². The first-order valence-electron chi connectivity index (χ1n) is 6.24. The number of alkyl halides is 2. The molecule has 1 aliphatic heterocycles. The van der Waals surface area contributed by atoms with Crippen LogP contribution in [-0.4, -0.2) is 36.1 Å². The first kappa shape index (κ1) is 14.2. The molecule has 2 fully saturated rings. The van der Waals surface area contributed by atoms with Crippen molar-refractivity contribution in [3.05, 3.63) is 0 Å². The maximum atomic E-state index is 13.1. The summed E-state index contributed by atoms with van der Waals surface area (Å²) in [5, 5.41) is 0. The average molecular weight is 277 g/mol. The van der Waals surface area contributed by atoms with Gasteiger partial charge in [0.05, 0.1) is 6.61 Å². The Morgan fingerprint density at radius 2 is 2.16 bits per heavy atom. The zero-order valence-corrected chi connectivity index (χ0v) is 10.7. The van der Waals surface area contributed by atoms with E-state index in [9.17, 15) is 18.4 Å². The molecule has 1 amide bonds. The highest BCUT2D eigenvalue weighted by Gasteiger charge is 2.52. The number of hydrogen-bond donors (Lipinski definition) is 1. The number of hydrogen-bond acceptors (Lipinski definition) is 4. The molecule has 0 unspecified atom stereocenters. The Bertz CT molecular complexity index is 395. The van der Waals surface area contributed by atoms with Gasteiger partial charge in [-0.1, -0.05) is 0 Å². The van der Waals surface area contributed by atoms with E-state index in [4.69, 9.17) is 15.2 Å². The second kappa shape index (κ2) is 4.70. The number of carbonyl (C=O) groups excluding carboxylic acids is 2. The van der Waals surface area contributed by atoms with E-state index in [0.29, 0.717) is 6.42 Å². The van der Waals surface area contributed by atoms with Crippen LogP contribution in [0.3, 0.4) is 0 Å². The van der Waals surface area contributed by atoms with E-state index in [0.717, 1.165) is 0 Å². The van der Waals surface area contributed by atoms with E-state index in [2.05, 4.69) is 0 Å². The Balaban J connectivity index is 1.98. The van der Waals surface area contributed by atoms with Gasteiger partial charge in [-0.15, -0.1) is 0 Å². The van der Waals surface area contributed by atoms with Gasteiger partial charge in [0, 0.05) is 12.8 Å². The van der Waals surface area contributed by atoms with Crippen molar-refractivity contribution < 1.29 is 27.8 Å². The van der Waals surface area contributed by atoms with Crippen LogP contribution in [0.2, 0.25) is 0 Å². The molecule has 0 radical (unpaired) electrons. The van der Waals surface area contributed by atoms with Crippen molar-refractivity contribution in [2.75, 3.05) is 6.61 Å². The fourth-order valence-electron chi connectivity index (χ4n) is 2.49. The van der Waals surface area contributed by atoms with Crippen LogP contribution in [0.5, 0.6) is 0 Å². The number of epoxide rings is 1. The van der Waals surface area contributed by atoms with Crippen molar-refractivity contribution in [2.45, 2.75) is 50.2 Å². The molecular formula is C12H17F2NO4. The summed E-state index contributed by atoms with van der Waals surface area (Å²) in [6.45, 7) is 1.83. The highest BCUT2D eigenvalue weighted by molar-refractivity contribution is 5.94. The van der Waals surface area contributed by atoms with Gasteiger partial charge >= 0.3 is 6.09 Å². The summed E-state index contributed by atoms with van der Waals surface area (Å²) >= 11 is 0. The van der Waals surface area contributed by atoms with Gasteiger partial charge in [0.1, 0.15) is 0 Å². The van der Waals surface area contributed by atoms with Gasteiger partial charge < -0.3 is 15.2 Å². The largest absolute Gasteiger partial charge is 0.438 e. The standard InChI is InChI=1S/C12H17F2NO4/c1-11(6-18-11)9(16)8(19-10(15)17)4-7-2-3-12(13,14)5-7/h7-8H,2-6H2,1H3,(H2,15,17)/t7-,8+,11-/m1/s1. The van der Waals surface area contributed by atoms with E-state index in [1.54, 1.807) is 6.92 Å². The van der Waals surface area contributed by atoms with Crippen LogP contribution in [0.25, 0.3) is 0 Å². The summed E-state index contributed by atoms with van der Waals surface area (Å²) in [6, 6.07) is 0. The summed E-state index contributed by atoms with van der Waals surface area (Å²) in [4.78, 5) is 22.9. The number of Topliss-reactive ketones (excluding diaryl/α,β-unsaturated/α-hetero) is 1. The van der Waals surface area contributed by atoms with Gasteiger partial charge in [-0.05, 0) is 25.7 Å². The monoisotopic (exact) mass is 277 g/mol. The SMILES string of the molecule is C[C@]1(C(=O)[C@H](C[C@H]2CCC(F)(F)C2)OC(N)=O)CO1. The molecule has 1 heterocycles. The molecule has 1 aliphatic carbocycles. The molecule has 108 valence electrons. The minimum absolute atomic E-state index is 0.0797.